The maximum atomic E-state index is 12.5. The van der Waals surface area contributed by atoms with E-state index in [1.165, 1.54) is 59.5 Å². The van der Waals surface area contributed by atoms with Crippen LogP contribution in [0, 0.1) is 10.1 Å². The molecule has 0 aliphatic heterocycles. The van der Waals surface area contributed by atoms with E-state index in [0.29, 0.717) is 11.1 Å². The van der Waals surface area contributed by atoms with Gasteiger partial charge in [-0.3, -0.25) is 14.9 Å². The molecule has 3 aromatic carbocycles. The molecular formula is C22H19ClN2O7S. The van der Waals surface area contributed by atoms with Crippen LogP contribution >= 0.6 is 11.6 Å². The lowest BCUT2D eigenvalue weighted by atomic mass is 10.2. The van der Waals surface area contributed by atoms with Crippen LogP contribution in [-0.4, -0.2) is 38.2 Å². The lowest BCUT2D eigenvalue weighted by Crippen LogP contribution is -2.21. The second-order valence-electron chi connectivity index (χ2n) is 7.07. The predicted molar refractivity (Wildman–Crippen MR) is 121 cm³/mol. The summed E-state index contributed by atoms with van der Waals surface area (Å²) < 4.78 is 35.8. The number of rotatable bonds is 8. The lowest BCUT2D eigenvalue weighted by Gasteiger charge is -2.11. The van der Waals surface area contributed by atoms with Gasteiger partial charge in [-0.15, -0.1) is 0 Å². The molecule has 11 heteroatoms. The highest BCUT2D eigenvalue weighted by molar-refractivity contribution is 7.87. The van der Waals surface area contributed by atoms with Gasteiger partial charge in [0, 0.05) is 31.8 Å². The van der Waals surface area contributed by atoms with Crippen molar-refractivity contribution in [3.63, 3.8) is 0 Å². The van der Waals surface area contributed by atoms with Gasteiger partial charge in [-0.25, -0.2) is 0 Å². The fourth-order valence-corrected chi connectivity index (χ4v) is 3.88. The van der Waals surface area contributed by atoms with Crippen molar-refractivity contribution < 1.29 is 27.1 Å². The summed E-state index contributed by atoms with van der Waals surface area (Å²) in [4.78, 5) is 23.5. The van der Waals surface area contributed by atoms with Crippen LogP contribution in [0.3, 0.4) is 0 Å². The molecule has 3 aromatic rings. The third-order valence-electron chi connectivity index (χ3n) is 4.45. The van der Waals surface area contributed by atoms with Crippen molar-refractivity contribution in [1.82, 2.24) is 4.90 Å². The topological polar surface area (TPSA) is 116 Å². The maximum absolute atomic E-state index is 12.5. The van der Waals surface area contributed by atoms with Gasteiger partial charge in [0.25, 0.3) is 11.6 Å². The van der Waals surface area contributed by atoms with Crippen LogP contribution in [0.15, 0.2) is 71.6 Å². The summed E-state index contributed by atoms with van der Waals surface area (Å²) in [5.74, 6) is 0.126. The van der Waals surface area contributed by atoms with Crippen molar-refractivity contribution >= 4 is 33.3 Å². The molecule has 0 heterocycles. The number of nitro benzene ring substituents is 1. The first-order valence-corrected chi connectivity index (χ1v) is 11.3. The van der Waals surface area contributed by atoms with Crippen LogP contribution in [0.25, 0.3) is 0 Å². The quantitative estimate of drug-likeness (QED) is 0.262. The van der Waals surface area contributed by atoms with Gasteiger partial charge in [0.2, 0.25) is 0 Å². The average Bonchev–Trinajstić information content (AvgIpc) is 2.78. The molecule has 33 heavy (non-hydrogen) atoms. The summed E-state index contributed by atoms with van der Waals surface area (Å²) in [6.07, 6.45) is 0. The molecule has 0 atom stereocenters. The average molecular weight is 491 g/mol. The fraction of sp³-hybridized carbons (Fsp3) is 0.136. The first kappa shape index (κ1) is 24.0. The second kappa shape index (κ2) is 9.88. The van der Waals surface area contributed by atoms with Crippen molar-refractivity contribution in [2.24, 2.45) is 0 Å². The molecule has 0 radical (unpaired) electrons. The van der Waals surface area contributed by atoms with Gasteiger partial charge in [0.05, 0.1) is 9.95 Å². The molecule has 3 rings (SSSR count). The number of ether oxygens (including phenoxy) is 1. The molecule has 0 saturated carbocycles. The molecular weight excluding hydrogens is 472 g/mol. The molecule has 0 N–H and O–H groups in total. The van der Waals surface area contributed by atoms with Crippen molar-refractivity contribution in [3.05, 3.63) is 93.0 Å². The van der Waals surface area contributed by atoms with Crippen LogP contribution in [0.4, 0.5) is 5.69 Å². The number of halogens is 1. The van der Waals surface area contributed by atoms with Gasteiger partial charge in [-0.1, -0.05) is 23.7 Å². The van der Waals surface area contributed by atoms with Crippen LogP contribution in [0.2, 0.25) is 5.02 Å². The number of nitro groups is 1. The summed E-state index contributed by atoms with van der Waals surface area (Å²) in [6.45, 7) is 0.0695. The minimum absolute atomic E-state index is 0.0620. The number of amides is 1. The number of benzene rings is 3. The van der Waals surface area contributed by atoms with Gasteiger partial charge >= 0.3 is 10.1 Å². The number of hydrogen-bond acceptors (Lipinski definition) is 7. The minimum Gasteiger partial charge on any atom is -0.487 e. The van der Waals surface area contributed by atoms with E-state index in [2.05, 4.69) is 0 Å². The second-order valence-corrected chi connectivity index (χ2v) is 9.02. The zero-order valence-electron chi connectivity index (χ0n) is 17.6. The third kappa shape index (κ3) is 5.99. The summed E-state index contributed by atoms with van der Waals surface area (Å²) in [7, 11) is -0.852. The van der Waals surface area contributed by atoms with E-state index in [1.54, 1.807) is 26.2 Å². The number of hydrogen-bond donors (Lipinski definition) is 0. The van der Waals surface area contributed by atoms with Crippen molar-refractivity contribution in [3.8, 4) is 11.5 Å². The van der Waals surface area contributed by atoms with Crippen LogP contribution in [0.1, 0.15) is 15.9 Å². The zero-order chi connectivity index (χ0) is 24.2. The lowest BCUT2D eigenvalue weighted by molar-refractivity contribution is -0.384. The minimum atomic E-state index is -4.09. The Balaban J connectivity index is 1.65. The Hall–Kier alpha value is -3.63. The predicted octanol–water partition coefficient (Wildman–Crippen LogP) is 4.30. The molecule has 0 aliphatic rings. The van der Waals surface area contributed by atoms with E-state index < -0.39 is 15.0 Å². The normalized spacial score (nSPS) is 11.0. The van der Waals surface area contributed by atoms with Crippen molar-refractivity contribution in [2.75, 3.05) is 14.1 Å². The number of nitrogens with zero attached hydrogens (tertiary/aromatic N) is 2. The van der Waals surface area contributed by atoms with Crippen LogP contribution in [0.5, 0.6) is 11.5 Å². The molecule has 0 saturated heterocycles. The molecule has 1 amide bonds. The van der Waals surface area contributed by atoms with E-state index in [0.717, 1.165) is 0 Å². The van der Waals surface area contributed by atoms with Gasteiger partial charge < -0.3 is 13.8 Å². The Morgan fingerprint density at radius 2 is 1.67 bits per heavy atom. The van der Waals surface area contributed by atoms with E-state index in [-0.39, 0.29) is 39.6 Å². The van der Waals surface area contributed by atoms with Gasteiger partial charge in [0.15, 0.2) is 0 Å². The van der Waals surface area contributed by atoms with E-state index in [4.69, 9.17) is 20.5 Å². The highest BCUT2D eigenvalue weighted by Gasteiger charge is 2.17. The van der Waals surface area contributed by atoms with Gasteiger partial charge in [0.1, 0.15) is 23.0 Å². The van der Waals surface area contributed by atoms with Crippen molar-refractivity contribution in [2.45, 2.75) is 11.5 Å². The molecule has 0 unspecified atom stereocenters. The monoisotopic (exact) mass is 490 g/mol. The molecule has 0 aliphatic carbocycles. The van der Waals surface area contributed by atoms with Crippen molar-refractivity contribution in [1.29, 1.82) is 0 Å². The summed E-state index contributed by atoms with van der Waals surface area (Å²) >= 11 is 6.00. The maximum Gasteiger partial charge on any atom is 0.339 e. The Kier molecular flexibility index (Phi) is 7.19. The zero-order valence-corrected chi connectivity index (χ0v) is 19.2. The Bertz CT molecular complexity index is 1280. The molecule has 0 spiro atoms. The van der Waals surface area contributed by atoms with E-state index in [9.17, 15) is 23.3 Å². The summed E-state index contributed by atoms with van der Waals surface area (Å²) in [6, 6.07) is 15.5. The Labute approximate surface area is 195 Å². The number of non-ortho nitro benzene ring substituents is 1. The first-order chi connectivity index (χ1) is 15.6. The third-order valence-corrected chi connectivity index (χ3v) is 6.00. The first-order valence-electron chi connectivity index (χ1n) is 9.49. The van der Waals surface area contributed by atoms with Gasteiger partial charge in [-0.05, 0) is 48.0 Å². The molecule has 9 nitrogen and oxygen atoms in total. The molecule has 172 valence electrons. The highest BCUT2D eigenvalue weighted by Crippen LogP contribution is 2.29. The summed E-state index contributed by atoms with van der Waals surface area (Å²) in [5.41, 5.74) is 0.901. The SMILES string of the molecule is CN(C)C(=O)c1ccc(OS(=O)(=O)c2ccc(COc3ccc([N+](=O)[O-])cc3Cl)cc2)cc1. The largest absolute Gasteiger partial charge is 0.487 e. The Morgan fingerprint density at radius 1 is 1.03 bits per heavy atom. The smallest absolute Gasteiger partial charge is 0.339 e. The molecule has 0 aromatic heterocycles. The van der Waals surface area contributed by atoms with Gasteiger partial charge in [-0.2, -0.15) is 8.42 Å². The summed E-state index contributed by atoms with van der Waals surface area (Å²) in [5, 5.41) is 10.9. The van der Waals surface area contributed by atoms with Crippen LogP contribution in [-0.2, 0) is 16.7 Å². The van der Waals surface area contributed by atoms with E-state index >= 15 is 0 Å². The number of carbonyl (C=O) groups excluding carboxylic acids is 1. The Morgan fingerprint density at radius 3 is 2.21 bits per heavy atom. The fourth-order valence-electron chi connectivity index (χ4n) is 2.72. The number of carbonyl (C=O) groups is 1. The molecule has 0 fully saturated rings. The standard InChI is InChI=1S/C22H19ClN2O7S/c1-24(2)22(26)16-5-8-18(9-6-16)32-33(29,30)19-10-3-15(4-11-19)14-31-21-12-7-17(25(27)28)13-20(21)23/h3-13H,14H2,1-2H3. The highest BCUT2D eigenvalue weighted by atomic mass is 35.5. The molecule has 0 bridgehead atoms. The van der Waals surface area contributed by atoms with Crippen LogP contribution < -0.4 is 8.92 Å². The van der Waals surface area contributed by atoms with E-state index in [1.807, 2.05) is 0 Å².